The van der Waals surface area contributed by atoms with Crippen LogP contribution in [0.25, 0.3) is 33.9 Å². The van der Waals surface area contributed by atoms with Crippen LogP contribution in [0.4, 0.5) is 5.69 Å². The monoisotopic (exact) mass is 757 g/mol. The minimum atomic E-state index is -1.21. The lowest BCUT2D eigenvalue weighted by molar-refractivity contribution is -0.384. The standard InChI is InChI=1S/C36H39N9O10/c37-32(46)19-43(22-35(50)51)14-12-42(21-34(48)49)13-15-44(23-36(52)53)20-33(47)39-18-26-4-3-6-29(40-26)31-17-25(24-7-9-27(10-8-24)45(54)55)16-30(41-31)28-5-1-2-11-38-28/h1-11,16-17H,12-15,18-23H2,(H2,37,46)(H,39,47)(H,48,49)(H,50,51)(H,52,53). The first-order chi connectivity index (χ1) is 26.2. The van der Waals surface area contributed by atoms with Gasteiger partial charge >= 0.3 is 17.9 Å². The van der Waals surface area contributed by atoms with Crippen LogP contribution in [0.2, 0.25) is 0 Å². The van der Waals surface area contributed by atoms with Crippen molar-refractivity contribution in [2.45, 2.75) is 6.54 Å². The smallest absolute Gasteiger partial charge is 0.317 e. The number of non-ortho nitro benzene ring substituents is 1. The summed E-state index contributed by atoms with van der Waals surface area (Å²) in [6, 6.07) is 20.3. The molecular formula is C36H39N9O10. The zero-order valence-corrected chi connectivity index (χ0v) is 29.5. The highest BCUT2D eigenvalue weighted by atomic mass is 16.6. The van der Waals surface area contributed by atoms with Crippen molar-refractivity contribution in [2.24, 2.45) is 5.73 Å². The number of nitrogens with zero attached hydrogens (tertiary/aromatic N) is 7. The zero-order chi connectivity index (χ0) is 39.9. The van der Waals surface area contributed by atoms with Gasteiger partial charge in [0.05, 0.1) is 72.7 Å². The number of benzene rings is 1. The highest BCUT2D eigenvalue weighted by molar-refractivity contribution is 5.79. The van der Waals surface area contributed by atoms with Crippen LogP contribution in [-0.2, 0) is 30.5 Å². The molecule has 4 aromatic rings. The number of carboxylic acid groups (broad SMARTS) is 3. The molecule has 3 heterocycles. The van der Waals surface area contributed by atoms with Crippen molar-refractivity contribution >= 4 is 35.4 Å². The van der Waals surface area contributed by atoms with E-state index in [1.54, 1.807) is 54.7 Å². The molecule has 6 N–H and O–H groups in total. The van der Waals surface area contributed by atoms with E-state index in [4.69, 9.17) is 15.8 Å². The van der Waals surface area contributed by atoms with Crippen LogP contribution in [0.1, 0.15) is 5.69 Å². The molecule has 0 bridgehead atoms. The predicted octanol–water partition coefficient (Wildman–Crippen LogP) is 1.04. The molecule has 0 aliphatic carbocycles. The Morgan fingerprint density at radius 1 is 0.655 bits per heavy atom. The number of pyridine rings is 3. The van der Waals surface area contributed by atoms with E-state index < -0.39 is 54.3 Å². The molecular weight excluding hydrogens is 718 g/mol. The van der Waals surface area contributed by atoms with Crippen LogP contribution < -0.4 is 11.1 Å². The summed E-state index contributed by atoms with van der Waals surface area (Å²) >= 11 is 0. The number of carbonyl (C=O) groups is 5. The van der Waals surface area contributed by atoms with Crippen LogP contribution >= 0.6 is 0 Å². The molecule has 0 radical (unpaired) electrons. The minimum Gasteiger partial charge on any atom is -0.480 e. The number of carboxylic acids is 3. The lowest BCUT2D eigenvalue weighted by Gasteiger charge is -2.27. The van der Waals surface area contributed by atoms with Gasteiger partial charge < -0.3 is 26.4 Å². The third-order valence-corrected chi connectivity index (χ3v) is 7.99. The van der Waals surface area contributed by atoms with E-state index in [-0.39, 0.29) is 51.5 Å². The molecule has 288 valence electrons. The summed E-state index contributed by atoms with van der Waals surface area (Å²) in [6.45, 7) is -2.18. The lowest BCUT2D eigenvalue weighted by atomic mass is 10.0. The van der Waals surface area contributed by atoms with E-state index in [9.17, 15) is 44.3 Å². The Balaban J connectivity index is 1.45. The van der Waals surface area contributed by atoms with Gasteiger partial charge in [0.15, 0.2) is 0 Å². The normalized spacial score (nSPS) is 11.1. The molecule has 0 atom stereocenters. The molecule has 0 aliphatic heterocycles. The second kappa shape index (κ2) is 19.9. The Hall–Kier alpha value is -6.70. The Kier molecular flexibility index (Phi) is 14.9. The zero-order valence-electron chi connectivity index (χ0n) is 29.5. The third kappa shape index (κ3) is 13.7. The number of nitrogens with one attached hydrogen (secondary N) is 1. The molecule has 0 fully saturated rings. The second-order valence-electron chi connectivity index (χ2n) is 12.3. The van der Waals surface area contributed by atoms with Crippen molar-refractivity contribution in [2.75, 3.05) is 58.9 Å². The lowest BCUT2D eigenvalue weighted by Crippen LogP contribution is -2.46. The highest BCUT2D eigenvalue weighted by Crippen LogP contribution is 2.30. The Bertz CT molecular complexity index is 1980. The molecule has 0 aliphatic rings. The van der Waals surface area contributed by atoms with Gasteiger partial charge in [0.1, 0.15) is 0 Å². The van der Waals surface area contributed by atoms with Crippen LogP contribution in [0.15, 0.2) is 79.0 Å². The number of aliphatic carboxylic acids is 3. The van der Waals surface area contributed by atoms with Crippen LogP contribution in [-0.4, -0.2) is 139 Å². The maximum Gasteiger partial charge on any atom is 0.317 e. The van der Waals surface area contributed by atoms with E-state index in [1.807, 2.05) is 12.1 Å². The van der Waals surface area contributed by atoms with Gasteiger partial charge in [-0.2, -0.15) is 0 Å². The number of rotatable bonds is 22. The Labute approximate surface area is 314 Å². The number of aromatic nitrogens is 3. The first kappa shape index (κ1) is 41.1. The summed E-state index contributed by atoms with van der Waals surface area (Å²) in [6.07, 6.45) is 1.63. The molecule has 0 saturated carbocycles. The molecule has 3 aromatic heterocycles. The Morgan fingerprint density at radius 3 is 1.78 bits per heavy atom. The first-order valence-electron chi connectivity index (χ1n) is 16.8. The van der Waals surface area contributed by atoms with Crippen molar-refractivity contribution in [3.8, 4) is 33.9 Å². The highest BCUT2D eigenvalue weighted by Gasteiger charge is 2.20. The number of amides is 2. The van der Waals surface area contributed by atoms with Gasteiger partial charge in [-0.25, -0.2) is 9.97 Å². The van der Waals surface area contributed by atoms with E-state index in [2.05, 4.69) is 15.3 Å². The number of nitro groups is 1. The fourth-order valence-electron chi connectivity index (χ4n) is 5.48. The first-order valence-corrected chi connectivity index (χ1v) is 16.8. The second-order valence-corrected chi connectivity index (χ2v) is 12.3. The summed E-state index contributed by atoms with van der Waals surface area (Å²) in [7, 11) is 0. The van der Waals surface area contributed by atoms with Gasteiger partial charge in [0, 0.05) is 44.5 Å². The van der Waals surface area contributed by atoms with Crippen molar-refractivity contribution in [3.63, 3.8) is 0 Å². The summed E-state index contributed by atoms with van der Waals surface area (Å²) in [5, 5.41) is 41.9. The summed E-state index contributed by atoms with van der Waals surface area (Å²) < 4.78 is 0. The molecule has 1 aromatic carbocycles. The van der Waals surface area contributed by atoms with Crippen LogP contribution in [0, 0.1) is 10.1 Å². The van der Waals surface area contributed by atoms with E-state index in [0.29, 0.717) is 39.6 Å². The van der Waals surface area contributed by atoms with Gasteiger partial charge in [-0.15, -0.1) is 0 Å². The quantitative estimate of drug-likeness (QED) is 0.0553. The molecule has 55 heavy (non-hydrogen) atoms. The fraction of sp³-hybridized carbons (Fsp3) is 0.278. The fourth-order valence-corrected chi connectivity index (χ4v) is 5.48. The largest absolute Gasteiger partial charge is 0.480 e. The molecule has 19 heteroatoms. The van der Waals surface area contributed by atoms with Crippen molar-refractivity contribution < 1.29 is 44.2 Å². The molecule has 0 saturated heterocycles. The number of carbonyl (C=O) groups excluding carboxylic acids is 2. The van der Waals surface area contributed by atoms with Crippen LogP contribution in [0.3, 0.4) is 0 Å². The van der Waals surface area contributed by atoms with Crippen molar-refractivity contribution in [1.82, 2.24) is 35.0 Å². The summed E-state index contributed by atoms with van der Waals surface area (Å²) in [4.78, 5) is 87.3. The van der Waals surface area contributed by atoms with Crippen molar-refractivity contribution in [3.05, 3.63) is 94.8 Å². The van der Waals surface area contributed by atoms with Crippen molar-refractivity contribution in [1.29, 1.82) is 0 Å². The molecule has 4 rings (SSSR count). The maximum absolute atomic E-state index is 13.0. The number of nitrogens with two attached hydrogens (primary N) is 1. The maximum atomic E-state index is 13.0. The minimum absolute atomic E-state index is 0.00465. The molecule has 19 nitrogen and oxygen atoms in total. The molecule has 2 amide bonds. The van der Waals surface area contributed by atoms with E-state index in [1.165, 1.54) is 26.8 Å². The number of nitro benzene ring substituents is 1. The number of primary amides is 1. The van der Waals surface area contributed by atoms with Gasteiger partial charge in [-0.1, -0.05) is 12.1 Å². The third-order valence-electron chi connectivity index (χ3n) is 7.99. The Morgan fingerprint density at radius 2 is 1.22 bits per heavy atom. The summed E-state index contributed by atoms with van der Waals surface area (Å²) in [5.41, 5.74) is 9.11. The molecule has 0 spiro atoms. The predicted molar refractivity (Wildman–Crippen MR) is 196 cm³/mol. The molecule has 0 unspecified atom stereocenters. The van der Waals surface area contributed by atoms with Gasteiger partial charge in [0.2, 0.25) is 11.8 Å². The van der Waals surface area contributed by atoms with Crippen LogP contribution in [0.5, 0.6) is 0 Å². The van der Waals surface area contributed by atoms with Gasteiger partial charge in [-0.05, 0) is 59.7 Å². The number of hydrogen-bond donors (Lipinski definition) is 5. The van der Waals surface area contributed by atoms with Gasteiger partial charge in [-0.3, -0.25) is 53.8 Å². The van der Waals surface area contributed by atoms with E-state index in [0.717, 1.165) is 0 Å². The van der Waals surface area contributed by atoms with E-state index >= 15 is 0 Å². The van der Waals surface area contributed by atoms with Gasteiger partial charge in [0.25, 0.3) is 5.69 Å². The number of hydrogen-bond acceptors (Lipinski definition) is 13. The SMILES string of the molecule is NC(=O)CN(CCN(CCN(CC(=O)O)CC(=O)NCc1cccc(-c2cc(-c3ccc([N+](=O)[O-])cc3)cc(-c3ccccn3)n2)n1)CC(=O)O)CC(=O)O. The topological polar surface area (TPSA) is 276 Å². The average molecular weight is 758 g/mol. The summed E-state index contributed by atoms with van der Waals surface area (Å²) in [5.74, 6) is -4.88. The average Bonchev–Trinajstić information content (AvgIpc) is 3.14.